The molecule has 0 atom stereocenters. The van der Waals surface area contributed by atoms with Gasteiger partial charge >= 0.3 is 0 Å². The minimum Gasteiger partial charge on any atom is -0.306 e. The minimum atomic E-state index is 0.508. The molecule has 0 aliphatic carbocycles. The molecule has 302 valence electrons. The fourth-order valence-corrected chi connectivity index (χ4v) is 10.1. The summed E-state index contributed by atoms with van der Waals surface area (Å²) in [5.74, 6) is 0.596. The summed E-state index contributed by atoms with van der Waals surface area (Å²) in [6.07, 6.45) is 0. The van der Waals surface area contributed by atoms with Gasteiger partial charge in [-0.3, -0.25) is 0 Å². The third-order valence-corrected chi connectivity index (χ3v) is 12.9. The number of rotatable bonds is 6. The third kappa shape index (κ3) is 5.53. The van der Waals surface area contributed by atoms with Crippen molar-refractivity contribution in [3.8, 4) is 57.0 Å². The van der Waals surface area contributed by atoms with Crippen molar-refractivity contribution in [2.75, 3.05) is 0 Å². The molecule has 9 aromatic carbocycles. The first-order chi connectivity index (χ1) is 32.2. The molecule has 4 heterocycles. The first-order valence-corrected chi connectivity index (χ1v) is 21.8. The lowest BCUT2D eigenvalue weighted by Gasteiger charge is -2.26. The van der Waals surface area contributed by atoms with Gasteiger partial charge in [0.2, 0.25) is 0 Å². The minimum absolute atomic E-state index is 0.508. The summed E-state index contributed by atoms with van der Waals surface area (Å²) < 4.78 is 7.11. The molecule has 6 heteroatoms. The highest BCUT2D eigenvalue weighted by atomic mass is 15.1. The standard InChI is InChI=1S/C59H36N6/c60-37-40-35-47(49-36-48(38-19-3-1-4-20-38)61-59(62-49)39-21-5-2-6-22-39)57(64-52-31-15-9-25-43(52)44-26-10-16-32-53(44)64)58(65-54-33-17-11-27-45(54)46-28-12-18-34-55(46)65)56(40)63-50-29-13-7-23-41(50)42-24-8-14-30-51(42)63/h1-36H. The first-order valence-electron chi connectivity index (χ1n) is 21.8. The van der Waals surface area contributed by atoms with Crippen molar-refractivity contribution in [2.24, 2.45) is 0 Å². The highest BCUT2D eigenvalue weighted by Gasteiger charge is 2.30. The summed E-state index contributed by atoms with van der Waals surface area (Å²) in [6.45, 7) is 0. The molecule has 0 spiro atoms. The number of hydrogen-bond donors (Lipinski definition) is 0. The number of para-hydroxylation sites is 6. The van der Waals surface area contributed by atoms with Crippen LogP contribution in [0.5, 0.6) is 0 Å². The average Bonchev–Trinajstić information content (AvgIpc) is 4.02. The molecule has 4 aromatic heterocycles. The quantitative estimate of drug-likeness (QED) is 0.168. The molecule has 0 amide bonds. The highest BCUT2D eigenvalue weighted by molar-refractivity contribution is 6.14. The molecule has 13 rings (SSSR count). The van der Waals surface area contributed by atoms with E-state index >= 15 is 0 Å². The van der Waals surface area contributed by atoms with Crippen LogP contribution in [0.3, 0.4) is 0 Å². The smallest absolute Gasteiger partial charge is 0.160 e. The average molecular weight is 829 g/mol. The van der Waals surface area contributed by atoms with Gasteiger partial charge in [0.05, 0.1) is 67.1 Å². The number of fused-ring (bicyclic) bond motifs is 9. The number of nitrogens with zero attached hydrogens (tertiary/aromatic N) is 6. The monoisotopic (exact) mass is 828 g/mol. The molecule has 0 saturated heterocycles. The number of nitriles is 1. The van der Waals surface area contributed by atoms with Crippen molar-refractivity contribution in [1.29, 1.82) is 5.26 Å². The molecular formula is C59H36N6. The number of benzene rings is 9. The Labute approximate surface area is 373 Å². The largest absolute Gasteiger partial charge is 0.306 e. The zero-order valence-corrected chi connectivity index (χ0v) is 35.0. The van der Waals surface area contributed by atoms with Crippen molar-refractivity contribution in [3.63, 3.8) is 0 Å². The fourth-order valence-electron chi connectivity index (χ4n) is 10.1. The SMILES string of the molecule is N#Cc1cc(-c2cc(-c3ccccc3)nc(-c3ccccc3)n2)c(-n2c3ccccc3c3ccccc32)c(-n2c3ccccc3c3ccccc32)c1-n1c2ccccc2c2ccccc21. The molecule has 0 saturated carbocycles. The zero-order valence-electron chi connectivity index (χ0n) is 35.0. The number of hydrogen-bond acceptors (Lipinski definition) is 3. The van der Waals surface area contributed by atoms with Gasteiger partial charge in [-0.1, -0.05) is 170 Å². The van der Waals surface area contributed by atoms with Crippen LogP contribution in [-0.2, 0) is 0 Å². The van der Waals surface area contributed by atoms with E-state index in [0.717, 1.165) is 105 Å². The Hall–Kier alpha value is -9.05. The molecule has 6 nitrogen and oxygen atoms in total. The fraction of sp³-hybridized carbons (Fsp3) is 0. The predicted molar refractivity (Wildman–Crippen MR) is 266 cm³/mol. The van der Waals surface area contributed by atoms with E-state index in [-0.39, 0.29) is 0 Å². The molecule has 0 N–H and O–H groups in total. The summed E-state index contributed by atoms with van der Waals surface area (Å²) in [5, 5.41) is 18.5. The lowest BCUT2D eigenvalue weighted by atomic mass is 9.98. The molecule has 65 heavy (non-hydrogen) atoms. The summed E-state index contributed by atoms with van der Waals surface area (Å²) in [5.41, 5.74) is 13.3. The third-order valence-electron chi connectivity index (χ3n) is 12.9. The van der Waals surface area contributed by atoms with Crippen LogP contribution in [0.15, 0.2) is 218 Å². The lowest BCUT2D eigenvalue weighted by Crippen LogP contribution is -2.13. The zero-order chi connectivity index (χ0) is 43.0. The van der Waals surface area contributed by atoms with E-state index in [1.165, 1.54) is 0 Å². The lowest BCUT2D eigenvalue weighted by molar-refractivity contribution is 1.04. The van der Waals surface area contributed by atoms with Gasteiger partial charge in [-0.2, -0.15) is 5.26 Å². The van der Waals surface area contributed by atoms with E-state index in [1.54, 1.807) is 0 Å². The van der Waals surface area contributed by atoms with Crippen LogP contribution in [0.25, 0.3) is 116 Å². The summed E-state index contributed by atoms with van der Waals surface area (Å²) in [7, 11) is 0. The molecule has 0 aliphatic rings. The molecule has 0 fully saturated rings. The first kappa shape index (κ1) is 36.6. The molecular weight excluding hydrogens is 793 g/mol. The van der Waals surface area contributed by atoms with Crippen LogP contribution >= 0.6 is 0 Å². The van der Waals surface area contributed by atoms with Crippen LogP contribution in [0.4, 0.5) is 0 Å². The predicted octanol–water partition coefficient (Wildman–Crippen LogP) is 14.6. The Morgan fingerprint density at radius 3 is 1.08 bits per heavy atom. The normalized spacial score (nSPS) is 11.7. The van der Waals surface area contributed by atoms with Gasteiger partial charge in [0.25, 0.3) is 0 Å². The molecule has 0 aliphatic heterocycles. The van der Waals surface area contributed by atoms with E-state index in [1.807, 2.05) is 36.4 Å². The maximum atomic E-state index is 11.8. The molecule has 0 unspecified atom stereocenters. The second-order valence-electron chi connectivity index (χ2n) is 16.4. The second-order valence-corrected chi connectivity index (χ2v) is 16.4. The molecule has 13 aromatic rings. The van der Waals surface area contributed by atoms with Gasteiger partial charge in [-0.15, -0.1) is 0 Å². The summed E-state index contributed by atoms with van der Waals surface area (Å²) in [6, 6.07) is 78.9. The van der Waals surface area contributed by atoms with Gasteiger partial charge in [0.15, 0.2) is 5.82 Å². The number of aromatic nitrogens is 5. The van der Waals surface area contributed by atoms with Gasteiger partial charge in [-0.25, -0.2) is 9.97 Å². The van der Waals surface area contributed by atoms with E-state index in [4.69, 9.17) is 9.97 Å². The van der Waals surface area contributed by atoms with Crippen LogP contribution in [0.2, 0.25) is 0 Å². The van der Waals surface area contributed by atoms with E-state index in [9.17, 15) is 5.26 Å². The second kappa shape index (κ2) is 14.5. The van der Waals surface area contributed by atoms with E-state index in [0.29, 0.717) is 17.1 Å². The van der Waals surface area contributed by atoms with Crippen molar-refractivity contribution < 1.29 is 0 Å². The van der Waals surface area contributed by atoms with Gasteiger partial charge in [0, 0.05) is 49.0 Å². The van der Waals surface area contributed by atoms with Crippen LogP contribution < -0.4 is 0 Å². The summed E-state index contributed by atoms with van der Waals surface area (Å²) in [4.78, 5) is 10.7. The van der Waals surface area contributed by atoms with Crippen LogP contribution in [0, 0.1) is 11.3 Å². The summed E-state index contributed by atoms with van der Waals surface area (Å²) >= 11 is 0. The van der Waals surface area contributed by atoms with Crippen LogP contribution in [-0.4, -0.2) is 23.7 Å². The Kier molecular flexibility index (Phi) is 8.17. The van der Waals surface area contributed by atoms with Crippen LogP contribution in [0.1, 0.15) is 5.56 Å². The maximum absolute atomic E-state index is 11.8. The topological polar surface area (TPSA) is 64.4 Å². The van der Waals surface area contributed by atoms with Crippen molar-refractivity contribution in [1.82, 2.24) is 23.7 Å². The Balaban J connectivity index is 1.32. The van der Waals surface area contributed by atoms with Gasteiger partial charge in [-0.05, 0) is 48.5 Å². The highest BCUT2D eigenvalue weighted by Crippen LogP contribution is 2.47. The Morgan fingerprint density at radius 1 is 0.323 bits per heavy atom. The van der Waals surface area contributed by atoms with Gasteiger partial charge in [0.1, 0.15) is 6.07 Å². The Morgan fingerprint density at radius 2 is 0.662 bits per heavy atom. The molecule has 0 bridgehead atoms. The maximum Gasteiger partial charge on any atom is 0.160 e. The van der Waals surface area contributed by atoms with Gasteiger partial charge < -0.3 is 13.7 Å². The van der Waals surface area contributed by atoms with E-state index in [2.05, 4.69) is 202 Å². The van der Waals surface area contributed by atoms with Crippen molar-refractivity contribution >= 4 is 65.4 Å². The van der Waals surface area contributed by atoms with E-state index < -0.39 is 0 Å². The Bertz CT molecular complexity index is 3860. The van der Waals surface area contributed by atoms with Crippen molar-refractivity contribution in [2.45, 2.75) is 0 Å². The van der Waals surface area contributed by atoms with Crippen molar-refractivity contribution in [3.05, 3.63) is 224 Å². The molecule has 0 radical (unpaired) electrons.